The van der Waals surface area contributed by atoms with Crippen LogP contribution in [0, 0.1) is 0 Å². The van der Waals surface area contributed by atoms with Gasteiger partial charge >= 0.3 is 6.18 Å². The Hall–Kier alpha value is -1.56. The van der Waals surface area contributed by atoms with Gasteiger partial charge in [-0.25, -0.2) is 0 Å². The number of hydrogen-bond acceptors (Lipinski definition) is 2. The standard InChI is InChI=1S/C16H21F3N2O/c1-14(2,3)21-13(22)12(16(17,18)19)20-15(9-10-15)11-7-5-4-6-8-11/h4-8,12,20H,9-10H2,1-3H3,(H,21,22). The zero-order chi connectivity index (χ0) is 16.6. The molecule has 3 nitrogen and oxygen atoms in total. The third kappa shape index (κ3) is 4.00. The zero-order valence-electron chi connectivity index (χ0n) is 12.9. The average molecular weight is 314 g/mol. The Balaban J connectivity index is 2.20. The van der Waals surface area contributed by atoms with Crippen molar-refractivity contribution in [2.24, 2.45) is 0 Å². The molecule has 1 aromatic carbocycles. The van der Waals surface area contributed by atoms with Crippen molar-refractivity contribution in [2.75, 3.05) is 0 Å². The lowest BCUT2D eigenvalue weighted by molar-refractivity contribution is -0.171. The SMILES string of the molecule is CC(C)(C)NC(=O)C(NC1(c2ccccc2)CC1)C(F)(F)F. The summed E-state index contributed by atoms with van der Waals surface area (Å²) in [6, 6.07) is 6.75. The minimum absolute atomic E-state index is 0.590. The molecule has 2 N–H and O–H groups in total. The van der Waals surface area contributed by atoms with E-state index >= 15 is 0 Å². The minimum atomic E-state index is -4.64. The van der Waals surface area contributed by atoms with Gasteiger partial charge in [-0.3, -0.25) is 10.1 Å². The van der Waals surface area contributed by atoms with Crippen molar-refractivity contribution in [1.29, 1.82) is 0 Å². The molecule has 0 aliphatic heterocycles. The summed E-state index contributed by atoms with van der Waals surface area (Å²) in [6.07, 6.45) is -3.46. The van der Waals surface area contributed by atoms with E-state index in [1.54, 1.807) is 45.0 Å². The van der Waals surface area contributed by atoms with Gasteiger partial charge in [-0.2, -0.15) is 13.2 Å². The Morgan fingerprint density at radius 2 is 1.68 bits per heavy atom. The summed E-state index contributed by atoms with van der Waals surface area (Å²) >= 11 is 0. The first-order chi connectivity index (χ1) is 10.0. The van der Waals surface area contributed by atoms with Crippen molar-refractivity contribution >= 4 is 5.91 Å². The van der Waals surface area contributed by atoms with Crippen molar-refractivity contribution in [3.05, 3.63) is 35.9 Å². The molecule has 1 aromatic rings. The summed E-state index contributed by atoms with van der Waals surface area (Å²) in [5.41, 5.74) is -0.685. The van der Waals surface area contributed by atoms with Crippen LogP contribution >= 0.6 is 0 Å². The van der Waals surface area contributed by atoms with Crippen LogP contribution in [0.25, 0.3) is 0 Å². The van der Waals surface area contributed by atoms with E-state index in [-0.39, 0.29) is 0 Å². The fourth-order valence-corrected chi connectivity index (χ4v) is 2.41. The molecule has 1 aliphatic carbocycles. The molecule has 0 spiro atoms. The Labute approximate surface area is 128 Å². The average Bonchev–Trinajstić information content (AvgIpc) is 3.14. The molecule has 1 amide bonds. The summed E-state index contributed by atoms with van der Waals surface area (Å²) in [5, 5.41) is 4.95. The van der Waals surface area contributed by atoms with Gasteiger partial charge in [0.2, 0.25) is 5.91 Å². The highest BCUT2D eigenvalue weighted by Crippen LogP contribution is 2.46. The number of halogens is 3. The summed E-state index contributed by atoms with van der Waals surface area (Å²) < 4.78 is 39.9. The van der Waals surface area contributed by atoms with Crippen molar-refractivity contribution in [3.63, 3.8) is 0 Å². The molecule has 1 atom stereocenters. The summed E-state index contributed by atoms with van der Waals surface area (Å²) in [6.45, 7) is 4.97. The smallest absolute Gasteiger partial charge is 0.350 e. The van der Waals surface area contributed by atoms with Crippen LogP contribution in [0.15, 0.2) is 30.3 Å². The van der Waals surface area contributed by atoms with E-state index in [1.165, 1.54) is 0 Å². The largest absolute Gasteiger partial charge is 0.412 e. The fraction of sp³-hybridized carbons (Fsp3) is 0.562. The van der Waals surface area contributed by atoms with Gasteiger partial charge in [-0.05, 0) is 39.2 Å². The zero-order valence-corrected chi connectivity index (χ0v) is 12.9. The maximum Gasteiger partial charge on any atom is 0.412 e. The Morgan fingerprint density at radius 3 is 2.09 bits per heavy atom. The molecule has 0 saturated heterocycles. The second kappa shape index (κ2) is 5.57. The van der Waals surface area contributed by atoms with Crippen molar-refractivity contribution in [1.82, 2.24) is 10.6 Å². The van der Waals surface area contributed by atoms with Crippen LogP contribution in [-0.2, 0) is 10.3 Å². The molecule has 2 rings (SSSR count). The monoisotopic (exact) mass is 314 g/mol. The number of carbonyl (C=O) groups excluding carboxylic acids is 1. The number of alkyl halides is 3. The van der Waals surface area contributed by atoms with Crippen molar-refractivity contribution in [2.45, 2.75) is 56.9 Å². The summed E-state index contributed by atoms with van der Waals surface area (Å²) in [4.78, 5) is 12.0. The summed E-state index contributed by atoms with van der Waals surface area (Å²) in [7, 11) is 0. The molecule has 122 valence electrons. The molecule has 1 aliphatic rings. The third-order valence-electron chi connectivity index (χ3n) is 3.58. The van der Waals surface area contributed by atoms with E-state index < -0.39 is 29.2 Å². The van der Waals surface area contributed by atoms with E-state index in [1.807, 2.05) is 6.07 Å². The molecule has 0 radical (unpaired) electrons. The highest BCUT2D eigenvalue weighted by atomic mass is 19.4. The fourth-order valence-electron chi connectivity index (χ4n) is 2.41. The first-order valence-corrected chi connectivity index (χ1v) is 7.25. The van der Waals surface area contributed by atoms with Gasteiger partial charge in [0.05, 0.1) is 0 Å². The number of benzene rings is 1. The van der Waals surface area contributed by atoms with Crippen LogP contribution < -0.4 is 10.6 Å². The van der Waals surface area contributed by atoms with E-state index in [0.717, 1.165) is 5.56 Å². The van der Waals surface area contributed by atoms with Crippen molar-refractivity contribution < 1.29 is 18.0 Å². The second-order valence-corrected chi connectivity index (χ2v) is 6.81. The quantitative estimate of drug-likeness (QED) is 0.896. The van der Waals surface area contributed by atoms with E-state index in [4.69, 9.17) is 0 Å². The molecule has 1 saturated carbocycles. The van der Waals surface area contributed by atoms with E-state index in [0.29, 0.717) is 12.8 Å². The second-order valence-electron chi connectivity index (χ2n) is 6.81. The third-order valence-corrected chi connectivity index (χ3v) is 3.58. The first-order valence-electron chi connectivity index (χ1n) is 7.25. The Kier molecular flexibility index (Phi) is 4.26. The minimum Gasteiger partial charge on any atom is -0.350 e. The molecule has 6 heteroatoms. The van der Waals surface area contributed by atoms with Gasteiger partial charge in [0.15, 0.2) is 6.04 Å². The van der Waals surface area contributed by atoms with Gasteiger partial charge in [-0.15, -0.1) is 0 Å². The lowest BCUT2D eigenvalue weighted by Crippen LogP contribution is -2.59. The molecule has 0 bridgehead atoms. The number of amides is 1. The van der Waals surface area contributed by atoms with Gasteiger partial charge in [0, 0.05) is 11.1 Å². The Morgan fingerprint density at radius 1 is 1.14 bits per heavy atom. The molecule has 1 unspecified atom stereocenters. The molecule has 1 fully saturated rings. The highest BCUT2D eigenvalue weighted by Gasteiger charge is 2.54. The van der Waals surface area contributed by atoms with Gasteiger partial charge in [0.1, 0.15) is 0 Å². The maximum absolute atomic E-state index is 13.3. The van der Waals surface area contributed by atoms with E-state index in [2.05, 4.69) is 10.6 Å². The van der Waals surface area contributed by atoms with Crippen LogP contribution in [0.4, 0.5) is 13.2 Å². The lowest BCUT2D eigenvalue weighted by atomic mass is 10.0. The van der Waals surface area contributed by atoms with Gasteiger partial charge in [0.25, 0.3) is 0 Å². The Bertz CT molecular complexity index is 531. The number of carbonyl (C=O) groups is 1. The topological polar surface area (TPSA) is 41.1 Å². The molecular weight excluding hydrogens is 293 g/mol. The van der Waals surface area contributed by atoms with Crippen molar-refractivity contribution in [3.8, 4) is 0 Å². The van der Waals surface area contributed by atoms with Gasteiger partial charge < -0.3 is 5.32 Å². The van der Waals surface area contributed by atoms with Crippen LogP contribution in [0.2, 0.25) is 0 Å². The van der Waals surface area contributed by atoms with Crippen LogP contribution in [0.5, 0.6) is 0 Å². The maximum atomic E-state index is 13.3. The van der Waals surface area contributed by atoms with Crippen LogP contribution in [-0.4, -0.2) is 23.7 Å². The van der Waals surface area contributed by atoms with Crippen LogP contribution in [0.1, 0.15) is 39.2 Å². The van der Waals surface area contributed by atoms with E-state index in [9.17, 15) is 18.0 Å². The predicted molar refractivity (Wildman–Crippen MR) is 78.2 cm³/mol. The molecule has 0 heterocycles. The number of rotatable bonds is 4. The number of nitrogens with one attached hydrogen (secondary N) is 2. The summed E-state index contributed by atoms with van der Waals surface area (Å²) in [5.74, 6) is -1.04. The van der Waals surface area contributed by atoms with Crippen LogP contribution in [0.3, 0.4) is 0 Å². The molecule has 0 aromatic heterocycles. The first kappa shape index (κ1) is 16.8. The number of hydrogen-bond donors (Lipinski definition) is 2. The lowest BCUT2D eigenvalue weighted by Gasteiger charge is -2.30. The molecule has 22 heavy (non-hydrogen) atoms. The predicted octanol–water partition coefficient (Wildman–Crippen LogP) is 3.11. The normalized spacial score (nSPS) is 18.6. The highest BCUT2D eigenvalue weighted by molar-refractivity contribution is 5.83. The van der Waals surface area contributed by atoms with Gasteiger partial charge in [-0.1, -0.05) is 30.3 Å². The molecular formula is C16H21F3N2O.